The Morgan fingerprint density at radius 1 is 1.27 bits per heavy atom. The van der Waals surface area contributed by atoms with E-state index in [0.29, 0.717) is 11.7 Å². The lowest BCUT2D eigenvalue weighted by atomic mass is 10.2. The molecule has 0 unspecified atom stereocenters. The number of rotatable bonds is 8. The highest BCUT2D eigenvalue weighted by Crippen LogP contribution is 2.21. The second kappa shape index (κ2) is 10.2. The van der Waals surface area contributed by atoms with Gasteiger partial charge in [0.2, 0.25) is 5.91 Å². The van der Waals surface area contributed by atoms with Gasteiger partial charge in [0, 0.05) is 31.3 Å². The smallest absolute Gasteiger partial charge is 0.407 e. The third-order valence-corrected chi connectivity index (χ3v) is 3.73. The zero-order valence-corrected chi connectivity index (χ0v) is 16.9. The van der Waals surface area contributed by atoms with E-state index in [1.807, 2.05) is 6.92 Å². The number of aromatic nitrogens is 2. The highest BCUT2D eigenvalue weighted by molar-refractivity contribution is 6.31. The van der Waals surface area contributed by atoms with Gasteiger partial charge in [0.15, 0.2) is 0 Å². The summed E-state index contributed by atoms with van der Waals surface area (Å²) in [5, 5.41) is 10.2. The Hall–Kier alpha value is -2.02. The number of carbonyl (C=O) groups excluding carboxylic acids is 2. The summed E-state index contributed by atoms with van der Waals surface area (Å²) in [6, 6.07) is 0. The average Bonchev–Trinajstić information content (AvgIpc) is 2.80. The van der Waals surface area contributed by atoms with Crippen LogP contribution in [0.25, 0.3) is 6.08 Å². The summed E-state index contributed by atoms with van der Waals surface area (Å²) in [6.45, 7) is 10.7. The van der Waals surface area contributed by atoms with Crippen molar-refractivity contribution in [3.63, 3.8) is 0 Å². The maximum Gasteiger partial charge on any atom is 0.407 e. The number of carbonyl (C=O) groups is 2. The molecule has 0 aliphatic heterocycles. The molecule has 0 aliphatic carbocycles. The Labute approximate surface area is 160 Å². The van der Waals surface area contributed by atoms with Gasteiger partial charge >= 0.3 is 6.09 Å². The molecule has 2 N–H and O–H groups in total. The fourth-order valence-electron chi connectivity index (χ4n) is 2.09. The summed E-state index contributed by atoms with van der Waals surface area (Å²) in [4.78, 5) is 23.4. The minimum atomic E-state index is -0.547. The molecule has 0 spiro atoms. The predicted octanol–water partition coefficient (Wildman–Crippen LogP) is 3.30. The van der Waals surface area contributed by atoms with Gasteiger partial charge in [0.25, 0.3) is 0 Å². The molecule has 0 saturated heterocycles. The van der Waals surface area contributed by atoms with E-state index in [4.69, 9.17) is 16.3 Å². The van der Waals surface area contributed by atoms with Crippen LogP contribution in [0.15, 0.2) is 6.08 Å². The van der Waals surface area contributed by atoms with Gasteiger partial charge in [0.1, 0.15) is 10.8 Å². The number of amides is 2. The fourth-order valence-corrected chi connectivity index (χ4v) is 2.42. The van der Waals surface area contributed by atoms with Gasteiger partial charge in [0.05, 0.1) is 5.69 Å². The number of unbranched alkanes of at least 4 members (excludes halogenated alkanes) is 1. The summed E-state index contributed by atoms with van der Waals surface area (Å²) in [5.41, 5.74) is 0.973. The van der Waals surface area contributed by atoms with Crippen LogP contribution in [-0.4, -0.2) is 40.5 Å². The first kappa shape index (κ1) is 22.0. The SMILES string of the molecule is CCCCn1nc(C)c(/C=C/C(=O)NCCNC(=O)OC(C)(C)C)c1Cl. The molecule has 0 bridgehead atoms. The molecule has 1 rings (SSSR count). The van der Waals surface area contributed by atoms with Crippen molar-refractivity contribution in [1.82, 2.24) is 20.4 Å². The molecule has 0 aromatic carbocycles. The van der Waals surface area contributed by atoms with Gasteiger partial charge < -0.3 is 15.4 Å². The van der Waals surface area contributed by atoms with Crippen molar-refractivity contribution in [2.75, 3.05) is 13.1 Å². The van der Waals surface area contributed by atoms with E-state index >= 15 is 0 Å². The lowest BCUT2D eigenvalue weighted by Crippen LogP contribution is -2.37. The molecule has 26 heavy (non-hydrogen) atoms. The Kier molecular flexibility index (Phi) is 8.65. The summed E-state index contributed by atoms with van der Waals surface area (Å²) in [5.74, 6) is -0.271. The Bertz CT molecular complexity index is 648. The van der Waals surface area contributed by atoms with Crippen LogP contribution in [0.5, 0.6) is 0 Å². The van der Waals surface area contributed by atoms with E-state index in [2.05, 4.69) is 22.7 Å². The summed E-state index contributed by atoms with van der Waals surface area (Å²) < 4.78 is 6.86. The van der Waals surface area contributed by atoms with Crippen LogP contribution < -0.4 is 10.6 Å². The van der Waals surface area contributed by atoms with Crippen LogP contribution >= 0.6 is 11.6 Å². The monoisotopic (exact) mass is 384 g/mol. The van der Waals surface area contributed by atoms with Crippen molar-refractivity contribution < 1.29 is 14.3 Å². The van der Waals surface area contributed by atoms with E-state index in [0.717, 1.165) is 30.6 Å². The van der Waals surface area contributed by atoms with Crippen LogP contribution in [0.1, 0.15) is 51.8 Å². The first-order valence-electron chi connectivity index (χ1n) is 8.79. The van der Waals surface area contributed by atoms with E-state index in [-0.39, 0.29) is 12.5 Å². The molecule has 0 radical (unpaired) electrons. The van der Waals surface area contributed by atoms with Gasteiger partial charge in [-0.25, -0.2) is 4.79 Å². The van der Waals surface area contributed by atoms with Gasteiger partial charge in [-0.3, -0.25) is 9.48 Å². The number of halogens is 1. The molecule has 146 valence electrons. The molecular formula is C18H29ClN4O3. The highest BCUT2D eigenvalue weighted by atomic mass is 35.5. The Balaban J connectivity index is 2.44. The van der Waals surface area contributed by atoms with E-state index in [1.165, 1.54) is 6.08 Å². The van der Waals surface area contributed by atoms with Crippen LogP contribution in [0.2, 0.25) is 5.15 Å². The molecular weight excluding hydrogens is 356 g/mol. The number of nitrogens with one attached hydrogen (secondary N) is 2. The van der Waals surface area contributed by atoms with Gasteiger partial charge in [-0.2, -0.15) is 5.10 Å². The van der Waals surface area contributed by atoms with Crippen molar-refractivity contribution in [3.05, 3.63) is 22.5 Å². The summed E-state index contributed by atoms with van der Waals surface area (Å²) in [6.07, 6.45) is 4.61. The second-order valence-corrected chi connectivity index (χ2v) is 7.28. The van der Waals surface area contributed by atoms with Gasteiger partial charge in [-0.1, -0.05) is 24.9 Å². The molecule has 1 aromatic rings. The van der Waals surface area contributed by atoms with Crippen molar-refractivity contribution in [2.24, 2.45) is 0 Å². The molecule has 0 saturated carbocycles. The van der Waals surface area contributed by atoms with Crippen molar-refractivity contribution in [2.45, 2.75) is 59.6 Å². The lowest BCUT2D eigenvalue weighted by Gasteiger charge is -2.19. The van der Waals surface area contributed by atoms with Crippen LogP contribution in [0.3, 0.4) is 0 Å². The largest absolute Gasteiger partial charge is 0.444 e. The first-order chi connectivity index (χ1) is 12.1. The molecule has 1 aromatic heterocycles. The van der Waals surface area contributed by atoms with Crippen molar-refractivity contribution in [1.29, 1.82) is 0 Å². The Morgan fingerprint density at radius 2 is 1.92 bits per heavy atom. The predicted molar refractivity (Wildman–Crippen MR) is 103 cm³/mol. The van der Waals surface area contributed by atoms with Crippen LogP contribution in [-0.2, 0) is 16.1 Å². The normalized spacial score (nSPS) is 11.6. The third kappa shape index (κ3) is 7.91. The Morgan fingerprint density at radius 3 is 2.54 bits per heavy atom. The average molecular weight is 385 g/mol. The number of hydrogen-bond donors (Lipinski definition) is 2. The molecule has 8 heteroatoms. The number of hydrogen-bond acceptors (Lipinski definition) is 4. The summed E-state index contributed by atoms with van der Waals surface area (Å²) >= 11 is 6.32. The zero-order valence-electron chi connectivity index (χ0n) is 16.2. The van der Waals surface area contributed by atoms with Crippen molar-refractivity contribution >= 4 is 29.7 Å². The van der Waals surface area contributed by atoms with Crippen LogP contribution in [0, 0.1) is 6.92 Å². The van der Waals surface area contributed by atoms with E-state index in [1.54, 1.807) is 31.5 Å². The lowest BCUT2D eigenvalue weighted by molar-refractivity contribution is -0.116. The molecule has 0 fully saturated rings. The minimum Gasteiger partial charge on any atom is -0.444 e. The third-order valence-electron chi connectivity index (χ3n) is 3.33. The molecule has 0 atom stereocenters. The van der Waals surface area contributed by atoms with Gasteiger partial charge in [-0.15, -0.1) is 0 Å². The standard InChI is InChI=1S/C18H29ClN4O3/c1-6-7-12-23-16(19)14(13(2)22-23)8-9-15(24)20-10-11-21-17(25)26-18(3,4)5/h8-9H,6-7,10-12H2,1-5H3,(H,20,24)(H,21,25)/b9-8+. The maximum absolute atomic E-state index is 11.9. The molecule has 2 amide bonds. The summed E-state index contributed by atoms with van der Waals surface area (Å²) in [7, 11) is 0. The molecule has 7 nitrogen and oxygen atoms in total. The van der Waals surface area contributed by atoms with E-state index in [9.17, 15) is 9.59 Å². The quantitative estimate of drug-likeness (QED) is 0.532. The van der Waals surface area contributed by atoms with Crippen LogP contribution in [0.4, 0.5) is 4.79 Å². The molecule has 1 heterocycles. The number of ether oxygens (including phenoxy) is 1. The number of nitrogens with zero attached hydrogens (tertiary/aromatic N) is 2. The second-order valence-electron chi connectivity index (χ2n) is 6.92. The van der Waals surface area contributed by atoms with Gasteiger partial charge in [-0.05, 0) is 40.2 Å². The fraction of sp³-hybridized carbons (Fsp3) is 0.611. The highest BCUT2D eigenvalue weighted by Gasteiger charge is 2.15. The molecule has 0 aliphatic rings. The van der Waals surface area contributed by atoms with E-state index < -0.39 is 11.7 Å². The topological polar surface area (TPSA) is 85.3 Å². The minimum absolute atomic E-state index is 0.271. The zero-order chi connectivity index (χ0) is 19.7. The maximum atomic E-state index is 11.9. The first-order valence-corrected chi connectivity index (χ1v) is 9.17. The number of alkyl carbamates (subject to hydrolysis) is 1. The number of aryl methyl sites for hydroxylation is 2. The van der Waals surface area contributed by atoms with Crippen molar-refractivity contribution in [3.8, 4) is 0 Å².